The summed E-state index contributed by atoms with van der Waals surface area (Å²) >= 11 is 0. The van der Waals surface area contributed by atoms with Crippen molar-refractivity contribution in [2.75, 3.05) is 44.7 Å². The van der Waals surface area contributed by atoms with Gasteiger partial charge in [0.1, 0.15) is 17.8 Å². The molecule has 1 aliphatic heterocycles. The number of amides is 1. The molecule has 7 heteroatoms. The Bertz CT molecular complexity index is 759. The zero-order valence-electron chi connectivity index (χ0n) is 15.3. The fourth-order valence-corrected chi connectivity index (χ4v) is 2.82. The monoisotopic (exact) mass is 355 g/mol. The van der Waals surface area contributed by atoms with E-state index in [1.54, 1.807) is 6.07 Å². The second kappa shape index (κ2) is 8.73. The van der Waals surface area contributed by atoms with Gasteiger partial charge in [-0.1, -0.05) is 12.1 Å². The molecule has 3 rings (SSSR count). The molecule has 0 spiro atoms. The number of benzene rings is 1. The predicted octanol–water partition coefficient (Wildman–Crippen LogP) is 1.90. The highest BCUT2D eigenvalue weighted by Gasteiger charge is 2.12. The van der Waals surface area contributed by atoms with E-state index in [1.165, 1.54) is 11.9 Å². The summed E-state index contributed by atoms with van der Waals surface area (Å²) in [7, 11) is 0. The van der Waals surface area contributed by atoms with Crippen molar-refractivity contribution >= 4 is 17.4 Å². The van der Waals surface area contributed by atoms with E-state index in [-0.39, 0.29) is 5.91 Å². The van der Waals surface area contributed by atoms with E-state index in [1.807, 2.05) is 12.1 Å². The number of rotatable bonds is 6. The van der Waals surface area contributed by atoms with E-state index in [4.69, 9.17) is 4.74 Å². The van der Waals surface area contributed by atoms with Crippen molar-refractivity contribution in [3.63, 3.8) is 0 Å². The van der Waals surface area contributed by atoms with Crippen molar-refractivity contribution in [3.8, 4) is 0 Å². The first-order chi connectivity index (χ1) is 12.6. The number of carbonyl (C=O) groups is 1. The molecule has 0 unspecified atom stereocenters. The van der Waals surface area contributed by atoms with Crippen LogP contribution in [0.4, 0.5) is 11.5 Å². The van der Waals surface area contributed by atoms with Crippen LogP contribution in [0, 0.1) is 13.8 Å². The molecule has 1 saturated heterocycles. The highest BCUT2D eigenvalue weighted by Crippen LogP contribution is 2.21. The molecule has 7 nitrogen and oxygen atoms in total. The number of aromatic nitrogens is 2. The Morgan fingerprint density at radius 3 is 2.85 bits per heavy atom. The van der Waals surface area contributed by atoms with Gasteiger partial charge in [-0.15, -0.1) is 0 Å². The van der Waals surface area contributed by atoms with Gasteiger partial charge in [-0.2, -0.15) is 0 Å². The van der Waals surface area contributed by atoms with Gasteiger partial charge in [-0.05, 0) is 31.0 Å². The van der Waals surface area contributed by atoms with Gasteiger partial charge in [0.25, 0.3) is 5.91 Å². The maximum atomic E-state index is 12.3. The summed E-state index contributed by atoms with van der Waals surface area (Å²) in [5.41, 5.74) is 3.69. The number of anilines is 2. The van der Waals surface area contributed by atoms with Gasteiger partial charge >= 0.3 is 0 Å². The molecule has 0 aliphatic carbocycles. The van der Waals surface area contributed by atoms with Crippen LogP contribution in [0.1, 0.15) is 21.6 Å². The Kier molecular flexibility index (Phi) is 6.14. The second-order valence-electron chi connectivity index (χ2n) is 6.37. The Labute approximate surface area is 153 Å². The molecule has 26 heavy (non-hydrogen) atoms. The maximum Gasteiger partial charge on any atom is 0.270 e. The lowest BCUT2D eigenvalue weighted by atomic mass is 10.1. The standard InChI is InChI=1S/C19H25N5O2/c1-14-4-3-5-16(15(14)2)23-18-12-17(21-13-22-18)19(25)20-6-7-24-8-10-26-11-9-24/h3-5,12-13H,6-11H2,1-2H3,(H,20,25)(H,21,22,23). The van der Waals surface area contributed by atoms with Crippen molar-refractivity contribution in [1.82, 2.24) is 20.2 Å². The van der Waals surface area contributed by atoms with Crippen LogP contribution in [0.5, 0.6) is 0 Å². The lowest BCUT2D eigenvalue weighted by Crippen LogP contribution is -2.41. The summed E-state index contributed by atoms with van der Waals surface area (Å²) in [4.78, 5) is 22.9. The first kappa shape index (κ1) is 18.3. The van der Waals surface area contributed by atoms with E-state index >= 15 is 0 Å². The lowest BCUT2D eigenvalue weighted by Gasteiger charge is -2.26. The minimum Gasteiger partial charge on any atom is -0.379 e. The number of ether oxygens (including phenoxy) is 1. The van der Waals surface area contributed by atoms with Crippen LogP contribution < -0.4 is 10.6 Å². The molecule has 0 bridgehead atoms. The summed E-state index contributed by atoms with van der Waals surface area (Å²) in [6, 6.07) is 7.72. The molecule has 1 aromatic carbocycles. The molecule has 0 radical (unpaired) electrons. The minimum absolute atomic E-state index is 0.190. The number of nitrogens with zero attached hydrogens (tertiary/aromatic N) is 3. The molecule has 2 heterocycles. The quantitative estimate of drug-likeness (QED) is 0.824. The third-order valence-corrected chi connectivity index (χ3v) is 4.58. The fraction of sp³-hybridized carbons (Fsp3) is 0.421. The number of carbonyl (C=O) groups excluding carboxylic acids is 1. The number of hydrogen-bond acceptors (Lipinski definition) is 6. The van der Waals surface area contributed by atoms with Crippen LogP contribution in [-0.4, -0.2) is 60.2 Å². The van der Waals surface area contributed by atoms with Crippen LogP contribution in [-0.2, 0) is 4.74 Å². The smallest absolute Gasteiger partial charge is 0.270 e. The SMILES string of the molecule is Cc1cccc(Nc2cc(C(=O)NCCN3CCOCC3)ncn2)c1C. The molecule has 0 atom stereocenters. The van der Waals surface area contributed by atoms with Crippen molar-refractivity contribution in [2.45, 2.75) is 13.8 Å². The van der Waals surface area contributed by atoms with Crippen LogP contribution in [0.3, 0.4) is 0 Å². The Balaban J connectivity index is 1.57. The Morgan fingerprint density at radius 1 is 1.23 bits per heavy atom. The van der Waals surface area contributed by atoms with Gasteiger partial charge in [-0.3, -0.25) is 9.69 Å². The van der Waals surface area contributed by atoms with E-state index in [0.29, 0.717) is 18.1 Å². The van der Waals surface area contributed by atoms with E-state index in [0.717, 1.165) is 44.1 Å². The largest absolute Gasteiger partial charge is 0.379 e. The van der Waals surface area contributed by atoms with E-state index < -0.39 is 0 Å². The number of hydrogen-bond donors (Lipinski definition) is 2. The first-order valence-electron chi connectivity index (χ1n) is 8.87. The van der Waals surface area contributed by atoms with Gasteiger partial charge in [0.2, 0.25) is 0 Å². The number of morpholine rings is 1. The normalized spacial score (nSPS) is 14.8. The molecule has 2 N–H and O–H groups in total. The summed E-state index contributed by atoms with van der Waals surface area (Å²) < 4.78 is 5.32. The fourth-order valence-electron chi connectivity index (χ4n) is 2.82. The zero-order chi connectivity index (χ0) is 18.4. The van der Waals surface area contributed by atoms with Crippen LogP contribution in [0.2, 0.25) is 0 Å². The Morgan fingerprint density at radius 2 is 2.04 bits per heavy atom. The third-order valence-electron chi connectivity index (χ3n) is 4.58. The summed E-state index contributed by atoms with van der Waals surface area (Å²) in [5, 5.41) is 6.18. The molecular weight excluding hydrogens is 330 g/mol. The average molecular weight is 355 g/mol. The van der Waals surface area contributed by atoms with E-state index in [9.17, 15) is 4.79 Å². The molecule has 1 aliphatic rings. The molecular formula is C19H25N5O2. The van der Waals surface area contributed by atoms with Gasteiger partial charge in [0, 0.05) is 37.9 Å². The van der Waals surface area contributed by atoms with Crippen molar-refractivity contribution in [1.29, 1.82) is 0 Å². The summed E-state index contributed by atoms with van der Waals surface area (Å²) in [5.74, 6) is 0.414. The van der Waals surface area contributed by atoms with Crippen molar-refractivity contribution in [2.24, 2.45) is 0 Å². The minimum atomic E-state index is -0.190. The zero-order valence-corrected chi connectivity index (χ0v) is 15.3. The van der Waals surface area contributed by atoms with E-state index in [2.05, 4.69) is 45.4 Å². The average Bonchev–Trinajstić information content (AvgIpc) is 2.66. The van der Waals surface area contributed by atoms with Gasteiger partial charge in [0.15, 0.2) is 0 Å². The van der Waals surface area contributed by atoms with Gasteiger partial charge in [0.05, 0.1) is 13.2 Å². The highest BCUT2D eigenvalue weighted by molar-refractivity contribution is 5.93. The summed E-state index contributed by atoms with van der Waals surface area (Å²) in [6.45, 7) is 8.85. The highest BCUT2D eigenvalue weighted by atomic mass is 16.5. The molecule has 0 saturated carbocycles. The second-order valence-corrected chi connectivity index (χ2v) is 6.37. The Hall–Kier alpha value is -2.51. The van der Waals surface area contributed by atoms with Gasteiger partial charge < -0.3 is 15.4 Å². The summed E-state index contributed by atoms with van der Waals surface area (Å²) in [6.07, 6.45) is 1.41. The first-order valence-corrected chi connectivity index (χ1v) is 8.87. The van der Waals surface area contributed by atoms with Crippen molar-refractivity contribution in [3.05, 3.63) is 47.4 Å². The topological polar surface area (TPSA) is 79.4 Å². The van der Waals surface area contributed by atoms with Crippen LogP contribution >= 0.6 is 0 Å². The molecule has 138 valence electrons. The predicted molar refractivity (Wildman–Crippen MR) is 101 cm³/mol. The number of aryl methyl sites for hydroxylation is 1. The molecule has 2 aromatic rings. The molecule has 1 aromatic heterocycles. The van der Waals surface area contributed by atoms with Gasteiger partial charge in [-0.25, -0.2) is 9.97 Å². The number of nitrogens with one attached hydrogen (secondary N) is 2. The lowest BCUT2D eigenvalue weighted by molar-refractivity contribution is 0.0383. The maximum absolute atomic E-state index is 12.3. The molecule has 1 amide bonds. The van der Waals surface area contributed by atoms with Crippen LogP contribution in [0.25, 0.3) is 0 Å². The van der Waals surface area contributed by atoms with Crippen molar-refractivity contribution < 1.29 is 9.53 Å². The third kappa shape index (κ3) is 4.77. The van der Waals surface area contributed by atoms with Crippen LogP contribution in [0.15, 0.2) is 30.6 Å². The molecule has 1 fully saturated rings.